The van der Waals surface area contributed by atoms with E-state index in [0.29, 0.717) is 47.8 Å². The Hall–Kier alpha value is -2.87. The monoisotopic (exact) mass is 399 g/mol. The molecule has 0 radical (unpaired) electrons. The SMILES string of the molecule is CC(=O)N1CCN(C2=NC(=O)/C(=C/c3ccc(-c4ccc(F)cc4)o3)S2)CC1. The van der Waals surface area contributed by atoms with Gasteiger partial charge in [0, 0.05) is 44.7 Å². The van der Waals surface area contributed by atoms with Crippen LogP contribution in [0, 0.1) is 5.82 Å². The van der Waals surface area contributed by atoms with E-state index in [9.17, 15) is 14.0 Å². The Labute approximate surface area is 165 Å². The standard InChI is InChI=1S/C20H18FN3O3S/c1-13(25)23-8-10-24(11-9-23)20-22-19(26)18(28-20)12-16-6-7-17(27-16)14-2-4-15(21)5-3-14/h2-7,12H,8-11H2,1H3/b18-12-. The molecule has 0 atom stereocenters. The molecule has 8 heteroatoms. The van der Waals surface area contributed by atoms with E-state index in [-0.39, 0.29) is 17.6 Å². The van der Waals surface area contributed by atoms with Gasteiger partial charge in [0.1, 0.15) is 17.3 Å². The molecule has 2 aliphatic heterocycles. The van der Waals surface area contributed by atoms with E-state index in [4.69, 9.17) is 4.42 Å². The molecule has 2 amide bonds. The van der Waals surface area contributed by atoms with Gasteiger partial charge in [0.25, 0.3) is 5.91 Å². The number of hydrogen-bond acceptors (Lipinski definition) is 5. The first-order valence-corrected chi connectivity index (χ1v) is 9.70. The number of thioether (sulfide) groups is 1. The summed E-state index contributed by atoms with van der Waals surface area (Å²) in [5, 5.41) is 0.657. The van der Waals surface area contributed by atoms with E-state index >= 15 is 0 Å². The van der Waals surface area contributed by atoms with Gasteiger partial charge in [-0.1, -0.05) is 0 Å². The number of carbonyl (C=O) groups is 2. The Morgan fingerprint density at radius 1 is 1.14 bits per heavy atom. The van der Waals surface area contributed by atoms with Crippen molar-refractivity contribution in [3.8, 4) is 11.3 Å². The molecule has 2 aliphatic rings. The van der Waals surface area contributed by atoms with Gasteiger partial charge in [-0.2, -0.15) is 4.99 Å². The molecule has 1 fully saturated rings. The van der Waals surface area contributed by atoms with Crippen LogP contribution in [0.3, 0.4) is 0 Å². The Bertz CT molecular complexity index is 973. The zero-order valence-electron chi connectivity index (χ0n) is 15.2. The minimum atomic E-state index is -0.306. The first kappa shape index (κ1) is 18.5. The van der Waals surface area contributed by atoms with Crippen LogP contribution >= 0.6 is 11.8 Å². The highest BCUT2D eigenvalue weighted by Gasteiger charge is 2.29. The minimum absolute atomic E-state index is 0.0621. The predicted molar refractivity (Wildman–Crippen MR) is 106 cm³/mol. The number of aliphatic imine (C=N–C) groups is 1. The number of furan rings is 1. The minimum Gasteiger partial charge on any atom is -0.457 e. The molecular formula is C20H18FN3O3S. The van der Waals surface area contributed by atoms with Crippen LogP contribution in [-0.4, -0.2) is 53.0 Å². The highest BCUT2D eigenvalue weighted by Crippen LogP contribution is 2.32. The second kappa shape index (κ2) is 7.63. The van der Waals surface area contributed by atoms with Crippen LogP contribution in [0.15, 0.2) is 50.7 Å². The molecule has 3 heterocycles. The molecule has 0 aliphatic carbocycles. The predicted octanol–water partition coefficient (Wildman–Crippen LogP) is 3.22. The average molecular weight is 399 g/mol. The van der Waals surface area contributed by atoms with Crippen molar-refractivity contribution >= 4 is 34.8 Å². The first-order valence-electron chi connectivity index (χ1n) is 8.88. The number of rotatable bonds is 2. The molecule has 4 rings (SSSR count). The summed E-state index contributed by atoms with van der Waals surface area (Å²) in [6.45, 7) is 4.12. The van der Waals surface area contributed by atoms with Crippen molar-refractivity contribution in [3.63, 3.8) is 0 Å². The zero-order chi connectivity index (χ0) is 19.7. The van der Waals surface area contributed by atoms with Crippen LogP contribution < -0.4 is 0 Å². The fourth-order valence-electron chi connectivity index (χ4n) is 3.07. The molecule has 6 nitrogen and oxygen atoms in total. The van der Waals surface area contributed by atoms with E-state index in [1.165, 1.54) is 23.9 Å². The number of piperazine rings is 1. The molecule has 0 bridgehead atoms. The lowest BCUT2D eigenvalue weighted by Gasteiger charge is -2.34. The number of hydrogen-bond donors (Lipinski definition) is 0. The maximum Gasteiger partial charge on any atom is 0.286 e. The highest BCUT2D eigenvalue weighted by atomic mass is 32.2. The van der Waals surface area contributed by atoms with E-state index < -0.39 is 0 Å². The summed E-state index contributed by atoms with van der Waals surface area (Å²) in [5.41, 5.74) is 0.761. The molecule has 0 spiro atoms. The van der Waals surface area contributed by atoms with Crippen LogP contribution in [0.2, 0.25) is 0 Å². The lowest BCUT2D eigenvalue weighted by Crippen LogP contribution is -2.49. The van der Waals surface area contributed by atoms with Crippen molar-refractivity contribution in [2.75, 3.05) is 26.2 Å². The smallest absolute Gasteiger partial charge is 0.286 e. The Morgan fingerprint density at radius 3 is 2.54 bits per heavy atom. The topological polar surface area (TPSA) is 66.1 Å². The van der Waals surface area contributed by atoms with E-state index in [2.05, 4.69) is 4.99 Å². The molecule has 0 unspecified atom stereocenters. The Morgan fingerprint density at radius 2 is 1.86 bits per heavy atom. The molecule has 1 aromatic carbocycles. The van der Waals surface area contributed by atoms with E-state index in [1.54, 1.807) is 42.2 Å². The normalized spacial score (nSPS) is 18.7. The van der Waals surface area contributed by atoms with Crippen LogP contribution in [0.4, 0.5) is 4.39 Å². The summed E-state index contributed by atoms with van der Waals surface area (Å²) in [7, 11) is 0. The van der Waals surface area contributed by atoms with Gasteiger partial charge in [-0.05, 0) is 48.2 Å². The lowest BCUT2D eigenvalue weighted by atomic mass is 10.2. The number of amides is 2. The van der Waals surface area contributed by atoms with Gasteiger partial charge in [-0.25, -0.2) is 4.39 Å². The summed E-state index contributed by atoms with van der Waals surface area (Å²) < 4.78 is 18.8. The van der Waals surface area contributed by atoms with Gasteiger partial charge in [-0.3, -0.25) is 9.59 Å². The van der Waals surface area contributed by atoms with Crippen LogP contribution in [-0.2, 0) is 9.59 Å². The third-order valence-corrected chi connectivity index (χ3v) is 5.68. The molecule has 144 valence electrons. The quantitative estimate of drug-likeness (QED) is 0.726. The second-order valence-corrected chi connectivity index (χ2v) is 7.52. The lowest BCUT2D eigenvalue weighted by molar-refractivity contribution is -0.130. The summed E-state index contributed by atoms with van der Waals surface area (Å²) in [4.78, 5) is 32.1. The Kier molecular flexibility index (Phi) is 5.04. The van der Waals surface area contributed by atoms with Crippen LogP contribution in [0.5, 0.6) is 0 Å². The van der Waals surface area contributed by atoms with Gasteiger partial charge in [0.15, 0.2) is 5.17 Å². The molecule has 0 saturated carbocycles. The fraction of sp³-hybridized carbons (Fsp3) is 0.250. The third kappa shape index (κ3) is 3.87. The zero-order valence-corrected chi connectivity index (χ0v) is 16.0. The van der Waals surface area contributed by atoms with Crippen molar-refractivity contribution in [1.29, 1.82) is 0 Å². The number of halogens is 1. The summed E-state index contributed by atoms with van der Waals surface area (Å²) in [6.07, 6.45) is 1.67. The number of benzene rings is 1. The van der Waals surface area contributed by atoms with Gasteiger partial charge in [-0.15, -0.1) is 0 Å². The van der Waals surface area contributed by atoms with Crippen molar-refractivity contribution < 1.29 is 18.4 Å². The van der Waals surface area contributed by atoms with Crippen molar-refractivity contribution in [2.24, 2.45) is 4.99 Å². The first-order chi connectivity index (χ1) is 13.5. The number of nitrogens with zero attached hydrogens (tertiary/aromatic N) is 3. The second-order valence-electron chi connectivity index (χ2n) is 6.51. The molecule has 2 aromatic rings. The number of carbonyl (C=O) groups excluding carboxylic acids is 2. The Balaban J connectivity index is 1.44. The van der Waals surface area contributed by atoms with Gasteiger partial charge in [0.2, 0.25) is 5.91 Å². The van der Waals surface area contributed by atoms with E-state index in [1.807, 2.05) is 4.90 Å². The van der Waals surface area contributed by atoms with Crippen LogP contribution in [0.1, 0.15) is 12.7 Å². The number of amidine groups is 1. The van der Waals surface area contributed by atoms with Crippen LogP contribution in [0.25, 0.3) is 17.4 Å². The maximum absolute atomic E-state index is 13.1. The van der Waals surface area contributed by atoms with Gasteiger partial charge in [0.05, 0.1) is 4.91 Å². The molecular weight excluding hydrogens is 381 g/mol. The van der Waals surface area contributed by atoms with Crippen molar-refractivity contribution in [1.82, 2.24) is 9.80 Å². The summed E-state index contributed by atoms with van der Waals surface area (Å²) in [5.74, 6) is 0.595. The average Bonchev–Trinajstić information content (AvgIpc) is 3.30. The largest absolute Gasteiger partial charge is 0.457 e. The van der Waals surface area contributed by atoms with Gasteiger partial charge >= 0.3 is 0 Å². The molecule has 0 N–H and O–H groups in total. The summed E-state index contributed by atoms with van der Waals surface area (Å²) in [6, 6.07) is 9.58. The molecule has 28 heavy (non-hydrogen) atoms. The summed E-state index contributed by atoms with van der Waals surface area (Å²) >= 11 is 1.31. The van der Waals surface area contributed by atoms with Gasteiger partial charge < -0.3 is 14.2 Å². The van der Waals surface area contributed by atoms with E-state index in [0.717, 1.165) is 5.56 Å². The van der Waals surface area contributed by atoms with Crippen molar-refractivity contribution in [2.45, 2.75) is 6.92 Å². The molecule has 1 saturated heterocycles. The third-order valence-electron chi connectivity index (χ3n) is 4.63. The highest BCUT2D eigenvalue weighted by molar-refractivity contribution is 8.18. The maximum atomic E-state index is 13.1. The molecule has 1 aromatic heterocycles. The van der Waals surface area contributed by atoms with Crippen molar-refractivity contribution in [3.05, 3.63) is 52.9 Å². The fourth-order valence-corrected chi connectivity index (χ4v) is 4.02.